The van der Waals surface area contributed by atoms with Gasteiger partial charge in [-0.3, -0.25) is 9.11 Å². The average molecular weight is 959 g/mol. The SMILES string of the molecule is O=S(=O)(O)c1cccc(C(Br)(Br)Br)c1.O=S(=O)(O)c1cccc(C(I)(I)I)c1. The molecule has 0 aliphatic carbocycles. The molecule has 0 atom stereocenters. The lowest BCUT2D eigenvalue weighted by atomic mass is 10.2. The Labute approximate surface area is 229 Å². The highest BCUT2D eigenvalue weighted by molar-refractivity contribution is 14.3. The van der Waals surface area contributed by atoms with Gasteiger partial charge in [0.15, 0.2) is 2.14 Å². The van der Waals surface area contributed by atoms with Gasteiger partial charge in [0.2, 0.25) is 0 Å². The van der Waals surface area contributed by atoms with Crippen LogP contribution in [0.2, 0.25) is 0 Å². The van der Waals surface area contributed by atoms with Gasteiger partial charge in [-0.15, -0.1) is 0 Å². The van der Waals surface area contributed by atoms with Crippen molar-refractivity contribution < 1.29 is 25.9 Å². The first kappa shape index (κ1) is 27.9. The first-order chi connectivity index (χ1) is 12.4. The van der Waals surface area contributed by atoms with Gasteiger partial charge >= 0.3 is 0 Å². The van der Waals surface area contributed by atoms with Crippen LogP contribution >= 0.6 is 116 Å². The van der Waals surface area contributed by atoms with E-state index in [1.165, 1.54) is 30.3 Å². The molecule has 0 heterocycles. The Morgan fingerprint density at radius 1 is 0.714 bits per heavy atom. The molecule has 2 N–H and O–H groups in total. The fraction of sp³-hybridized carbons (Fsp3) is 0.143. The predicted octanol–water partition coefficient (Wildman–Crippen LogP) is 6.58. The Morgan fingerprint density at radius 2 is 1.07 bits per heavy atom. The summed E-state index contributed by atoms with van der Waals surface area (Å²) in [7, 11) is -8.24. The Hall–Kier alpha value is 1.89. The summed E-state index contributed by atoms with van der Waals surface area (Å²) in [6.45, 7) is 0. The van der Waals surface area contributed by atoms with E-state index in [1.54, 1.807) is 12.1 Å². The van der Waals surface area contributed by atoms with Crippen molar-refractivity contribution in [2.75, 3.05) is 0 Å². The summed E-state index contributed by atoms with van der Waals surface area (Å²) in [5.41, 5.74) is 1.47. The molecule has 14 heteroatoms. The van der Waals surface area contributed by atoms with E-state index in [0.29, 0.717) is 5.56 Å². The van der Waals surface area contributed by atoms with Gasteiger partial charge in [-0.05, 0) is 103 Å². The quantitative estimate of drug-likeness (QED) is 0.205. The monoisotopic (exact) mass is 955 g/mol. The Kier molecular flexibility index (Phi) is 10.6. The van der Waals surface area contributed by atoms with Crippen molar-refractivity contribution in [3.63, 3.8) is 0 Å². The zero-order chi connectivity index (χ0) is 22.0. The van der Waals surface area contributed by atoms with Gasteiger partial charge in [-0.25, -0.2) is 0 Å². The normalized spacial score (nSPS) is 12.9. The maximum atomic E-state index is 10.9. The van der Waals surface area contributed by atoms with Gasteiger partial charge in [0.05, 0.1) is 9.79 Å². The summed E-state index contributed by atoms with van der Waals surface area (Å²) in [5.74, 6) is 0. The van der Waals surface area contributed by atoms with Gasteiger partial charge in [-0.1, -0.05) is 72.1 Å². The molecular weight excluding hydrogens is 949 g/mol. The number of alkyl halides is 6. The zero-order valence-electron chi connectivity index (χ0n) is 13.2. The third-order valence-corrected chi connectivity index (χ3v) is 7.86. The van der Waals surface area contributed by atoms with Crippen LogP contribution in [0.4, 0.5) is 0 Å². The van der Waals surface area contributed by atoms with Crippen LogP contribution in [0.5, 0.6) is 0 Å². The Balaban J connectivity index is 0.000000280. The van der Waals surface area contributed by atoms with Crippen LogP contribution in [0.1, 0.15) is 11.1 Å². The first-order valence-electron chi connectivity index (χ1n) is 6.72. The number of hydrogen-bond donors (Lipinski definition) is 2. The molecule has 0 radical (unpaired) electrons. The van der Waals surface area contributed by atoms with Crippen LogP contribution in [-0.4, -0.2) is 25.9 Å². The van der Waals surface area contributed by atoms with Gasteiger partial charge < -0.3 is 0 Å². The van der Waals surface area contributed by atoms with Crippen molar-refractivity contribution in [3.05, 3.63) is 59.7 Å². The molecule has 0 aliphatic rings. The van der Waals surface area contributed by atoms with Gasteiger partial charge in [-0.2, -0.15) is 16.8 Å². The minimum atomic E-state index is -4.15. The molecule has 0 aromatic heterocycles. The molecule has 0 saturated carbocycles. The molecule has 28 heavy (non-hydrogen) atoms. The van der Waals surface area contributed by atoms with Crippen LogP contribution in [0, 0.1) is 0 Å². The van der Waals surface area contributed by atoms with Gasteiger partial charge in [0.1, 0.15) is -0.565 Å². The van der Waals surface area contributed by atoms with Crippen LogP contribution in [0.3, 0.4) is 0 Å². The lowest BCUT2D eigenvalue weighted by molar-refractivity contribution is 0.481. The van der Waals surface area contributed by atoms with Gasteiger partial charge in [0.25, 0.3) is 20.2 Å². The lowest BCUT2D eigenvalue weighted by Gasteiger charge is -2.12. The van der Waals surface area contributed by atoms with E-state index < -0.39 is 22.4 Å². The summed E-state index contributed by atoms with van der Waals surface area (Å²) in [6, 6.07) is 12.2. The molecule has 2 aromatic carbocycles. The minimum absolute atomic E-state index is 0.0654. The van der Waals surface area contributed by atoms with E-state index in [2.05, 4.69) is 116 Å². The van der Waals surface area contributed by atoms with Crippen LogP contribution < -0.4 is 0 Å². The Bertz CT molecular complexity index is 963. The van der Waals surface area contributed by atoms with Crippen molar-refractivity contribution in [2.45, 2.75) is 11.4 Å². The average Bonchev–Trinajstić information content (AvgIpc) is 2.52. The third kappa shape index (κ3) is 9.58. The molecule has 0 fully saturated rings. The molecule has 6 nitrogen and oxygen atoms in total. The highest BCUT2D eigenvalue weighted by Crippen LogP contribution is 2.46. The van der Waals surface area contributed by atoms with E-state index in [-0.39, 0.29) is 9.23 Å². The molecule has 0 unspecified atom stereocenters. The molecule has 156 valence electrons. The number of rotatable bonds is 3. The van der Waals surface area contributed by atoms with Crippen LogP contribution in [0.15, 0.2) is 58.3 Å². The predicted molar refractivity (Wildman–Crippen MR) is 145 cm³/mol. The standard InChI is InChI=1S/C7H5Br3O3S.C7H5I3O3S/c2*8-7(9,10)5-2-1-3-6(4-5)14(11,12)13/h2*1-4H,(H,11,12,13). The van der Waals surface area contributed by atoms with Crippen molar-refractivity contribution in [3.8, 4) is 0 Å². The van der Waals surface area contributed by atoms with Crippen molar-refractivity contribution in [1.29, 1.82) is 0 Å². The number of halogens is 6. The van der Waals surface area contributed by atoms with Crippen LogP contribution in [-0.2, 0) is 21.8 Å². The lowest BCUT2D eigenvalue weighted by Crippen LogP contribution is -2.02. The first-order valence-corrected chi connectivity index (χ1v) is 15.2. The summed E-state index contributed by atoms with van der Waals surface area (Å²) < 4.78 is 60.1. The molecule has 0 saturated heterocycles. The minimum Gasteiger partial charge on any atom is -0.282 e. The second kappa shape index (κ2) is 10.7. The maximum absolute atomic E-state index is 10.9. The summed E-state index contributed by atoms with van der Waals surface area (Å²) in [6.07, 6.45) is 0. The fourth-order valence-corrected chi connectivity index (χ4v) is 4.46. The Morgan fingerprint density at radius 3 is 1.39 bits per heavy atom. The van der Waals surface area contributed by atoms with E-state index in [1.807, 2.05) is 6.07 Å². The molecule has 0 spiro atoms. The summed E-state index contributed by atoms with van der Waals surface area (Å²) in [4.78, 5) is -0.206. The van der Waals surface area contributed by atoms with E-state index in [4.69, 9.17) is 9.11 Å². The second-order valence-electron chi connectivity index (χ2n) is 5.00. The zero-order valence-corrected chi connectivity index (χ0v) is 26.1. The van der Waals surface area contributed by atoms with Crippen molar-refractivity contribution in [1.82, 2.24) is 0 Å². The van der Waals surface area contributed by atoms with Crippen molar-refractivity contribution in [2.24, 2.45) is 0 Å². The largest absolute Gasteiger partial charge is 0.294 e. The smallest absolute Gasteiger partial charge is 0.282 e. The second-order valence-corrected chi connectivity index (χ2v) is 25.7. The highest BCUT2D eigenvalue weighted by Gasteiger charge is 2.23. The van der Waals surface area contributed by atoms with E-state index in [0.717, 1.165) is 5.56 Å². The molecule has 2 aromatic rings. The summed E-state index contributed by atoms with van der Waals surface area (Å²) in [5, 5.41) is 0. The highest BCUT2D eigenvalue weighted by atomic mass is 127. The molecule has 0 amide bonds. The van der Waals surface area contributed by atoms with Crippen LogP contribution in [0.25, 0.3) is 0 Å². The summed E-state index contributed by atoms with van der Waals surface area (Å²) >= 11 is 16.3. The molecule has 0 bridgehead atoms. The number of benzene rings is 2. The molecule has 0 aliphatic heterocycles. The van der Waals surface area contributed by atoms with Gasteiger partial charge in [0, 0.05) is 0 Å². The van der Waals surface area contributed by atoms with E-state index in [9.17, 15) is 16.8 Å². The maximum Gasteiger partial charge on any atom is 0.294 e. The van der Waals surface area contributed by atoms with E-state index >= 15 is 0 Å². The van der Waals surface area contributed by atoms with Crippen molar-refractivity contribution >= 4 is 136 Å². The fourth-order valence-electron chi connectivity index (χ4n) is 1.67. The third-order valence-electron chi connectivity index (χ3n) is 2.92. The molecular formula is C14H10Br3I3O6S2. The molecule has 2 rings (SSSR count). The topological polar surface area (TPSA) is 109 Å². The number of hydrogen-bond acceptors (Lipinski definition) is 4.